The van der Waals surface area contributed by atoms with Crippen molar-refractivity contribution in [2.75, 3.05) is 0 Å². The Balaban J connectivity index is 2.32. The van der Waals surface area contributed by atoms with Gasteiger partial charge in [0.1, 0.15) is 0 Å². The van der Waals surface area contributed by atoms with E-state index in [-0.39, 0.29) is 0 Å². The van der Waals surface area contributed by atoms with Gasteiger partial charge in [-0.15, -0.1) is 0 Å². The van der Waals surface area contributed by atoms with Crippen molar-refractivity contribution in [3.8, 4) is 0 Å². The number of halogens is 1. The summed E-state index contributed by atoms with van der Waals surface area (Å²) in [7, 11) is -3.37. The molecule has 0 bridgehead atoms. The number of benzene rings is 3. The van der Waals surface area contributed by atoms with E-state index < -0.39 is 10.6 Å². The van der Waals surface area contributed by atoms with Gasteiger partial charge in [-0.2, -0.15) is 0 Å². The molecule has 0 spiro atoms. The van der Waals surface area contributed by atoms with E-state index in [1.165, 1.54) is 37.5 Å². The summed E-state index contributed by atoms with van der Waals surface area (Å²) in [5.41, 5.74) is 0. The van der Waals surface area contributed by atoms with Gasteiger partial charge in [-0.3, -0.25) is 0 Å². The van der Waals surface area contributed by atoms with Gasteiger partial charge in [-0.1, -0.05) is 0 Å². The van der Waals surface area contributed by atoms with Gasteiger partial charge >= 0.3 is 160 Å². The fourth-order valence-corrected chi connectivity index (χ4v) is 18.9. The normalized spacial score (nSPS) is 13.1. The fourth-order valence-electron chi connectivity index (χ4n) is 3.71. The van der Waals surface area contributed by atoms with Crippen molar-refractivity contribution < 1.29 is 0 Å². The Morgan fingerprint density at radius 3 is 1.28 bits per heavy atom. The summed E-state index contributed by atoms with van der Waals surface area (Å²) in [6, 6.07) is 33.4. The van der Waals surface area contributed by atoms with Gasteiger partial charge in [0, 0.05) is 0 Å². The first-order chi connectivity index (χ1) is 12.2. The van der Waals surface area contributed by atoms with Gasteiger partial charge in [0.25, 0.3) is 0 Å². The van der Waals surface area contributed by atoms with Crippen LogP contribution in [0.15, 0.2) is 91.0 Å². The molecule has 3 aromatic rings. The van der Waals surface area contributed by atoms with Gasteiger partial charge in [-0.05, 0) is 0 Å². The van der Waals surface area contributed by atoms with Crippen LogP contribution < -0.4 is 13.1 Å². The molecule has 0 saturated heterocycles. The maximum atomic E-state index is 4.53. The van der Waals surface area contributed by atoms with E-state index >= 15 is 0 Å². The van der Waals surface area contributed by atoms with Crippen LogP contribution in [0.2, 0.25) is 5.21 Å². The van der Waals surface area contributed by atoms with Crippen molar-refractivity contribution in [1.82, 2.24) is 0 Å². The molecule has 0 amide bonds. The number of hydrogen-bond acceptors (Lipinski definition) is 0. The quantitative estimate of drug-likeness (QED) is 0.339. The number of unbranched alkanes of at least 4 members (excludes halogenated alkanes) is 2. The third kappa shape index (κ3) is 3.37. The van der Waals surface area contributed by atoms with E-state index in [1.807, 2.05) is 0 Å². The Morgan fingerprint density at radius 1 is 0.600 bits per heavy atom. The molecule has 3 aromatic carbocycles. The van der Waals surface area contributed by atoms with E-state index in [4.69, 9.17) is 0 Å². The van der Waals surface area contributed by atoms with E-state index in [9.17, 15) is 0 Å². The summed E-state index contributed by atoms with van der Waals surface area (Å²) in [6.07, 6.45) is 3.76. The Kier molecular flexibility index (Phi) is 5.87. The van der Waals surface area contributed by atoms with Gasteiger partial charge in [0.15, 0.2) is 0 Å². The molecular formula is C23H26AsBr. The minimum absolute atomic E-state index is 1.20. The van der Waals surface area contributed by atoms with Crippen molar-refractivity contribution >= 4 is 37.6 Å². The summed E-state index contributed by atoms with van der Waals surface area (Å²) in [5, 5.41) is 1.20. The molecular weight excluding hydrogens is 431 g/mol. The molecule has 0 heterocycles. The summed E-state index contributed by atoms with van der Waals surface area (Å²) in [4.78, 5) is 0. The molecule has 0 nitrogen and oxygen atoms in total. The number of hydrogen-bond donors (Lipinski definition) is 0. The topological polar surface area (TPSA) is 0 Å². The average molecular weight is 457 g/mol. The van der Waals surface area contributed by atoms with Gasteiger partial charge in [-0.25, -0.2) is 0 Å². The van der Waals surface area contributed by atoms with Crippen molar-refractivity contribution in [1.29, 1.82) is 0 Å². The molecule has 0 aliphatic rings. The molecule has 0 N–H and O–H groups in total. The second-order valence-electron chi connectivity index (χ2n) is 6.62. The van der Waals surface area contributed by atoms with Crippen LogP contribution in [0.25, 0.3) is 0 Å². The Labute approximate surface area is 159 Å². The van der Waals surface area contributed by atoms with Crippen LogP contribution in [0.5, 0.6) is 0 Å². The fraction of sp³-hybridized carbons (Fsp3) is 0.217. The van der Waals surface area contributed by atoms with Crippen molar-refractivity contribution in [2.24, 2.45) is 0 Å². The monoisotopic (exact) mass is 456 g/mol. The van der Waals surface area contributed by atoms with Crippen LogP contribution in [0.3, 0.4) is 0 Å². The Bertz CT molecular complexity index is 685. The van der Waals surface area contributed by atoms with Crippen LogP contribution in [-0.2, 0) is 0 Å². The molecule has 0 atom stereocenters. The molecule has 130 valence electrons. The van der Waals surface area contributed by atoms with Crippen LogP contribution in [0.4, 0.5) is 0 Å². The minimum atomic E-state index is -3.37. The van der Waals surface area contributed by atoms with Gasteiger partial charge in [0.05, 0.1) is 0 Å². The van der Waals surface area contributed by atoms with E-state index in [0.29, 0.717) is 0 Å². The average Bonchev–Trinajstić information content (AvgIpc) is 2.70. The summed E-state index contributed by atoms with van der Waals surface area (Å²) >= 11 is 4.53. The third-order valence-corrected chi connectivity index (χ3v) is 24.4. The molecule has 0 unspecified atom stereocenters. The summed E-state index contributed by atoms with van der Waals surface area (Å²) < 4.78 is 4.40. The Hall–Kier alpha value is -1.30. The predicted molar refractivity (Wildman–Crippen MR) is 117 cm³/mol. The first-order valence-corrected chi connectivity index (χ1v) is 17.6. The van der Waals surface area contributed by atoms with Crippen molar-refractivity contribution in [2.45, 2.75) is 31.4 Å². The molecule has 2 heteroatoms. The molecule has 0 aromatic heterocycles. The van der Waals surface area contributed by atoms with Gasteiger partial charge in [0.2, 0.25) is 0 Å². The third-order valence-electron chi connectivity index (χ3n) is 5.07. The Morgan fingerprint density at radius 2 is 0.960 bits per heavy atom. The predicted octanol–water partition coefficient (Wildman–Crippen LogP) is 5.19. The first-order valence-electron chi connectivity index (χ1n) is 9.10. The van der Waals surface area contributed by atoms with E-state index in [2.05, 4.69) is 112 Å². The summed E-state index contributed by atoms with van der Waals surface area (Å²) in [6.45, 7) is 2.28. The first kappa shape index (κ1) is 18.5. The zero-order valence-corrected chi connectivity index (χ0v) is 18.3. The zero-order chi connectivity index (χ0) is 17.6. The van der Waals surface area contributed by atoms with E-state index in [1.54, 1.807) is 0 Å². The second-order valence-corrected chi connectivity index (χ2v) is 23.9. The molecule has 0 radical (unpaired) electrons. The van der Waals surface area contributed by atoms with Crippen LogP contribution in [0, 0.1) is 0 Å². The maximum absolute atomic E-state index is 4.53. The molecule has 0 aliphatic heterocycles. The molecule has 0 fully saturated rings. The zero-order valence-electron chi connectivity index (χ0n) is 14.8. The van der Waals surface area contributed by atoms with E-state index in [0.717, 1.165) is 0 Å². The van der Waals surface area contributed by atoms with Crippen molar-refractivity contribution in [3.05, 3.63) is 91.0 Å². The molecule has 3 rings (SSSR count). The molecule has 25 heavy (non-hydrogen) atoms. The summed E-state index contributed by atoms with van der Waals surface area (Å²) in [5.74, 6) is 0. The van der Waals surface area contributed by atoms with Gasteiger partial charge < -0.3 is 0 Å². The molecule has 0 saturated carbocycles. The SMILES string of the molecule is CCCCC[As](Br)(c1ccccc1)(c1ccccc1)c1ccccc1. The second kappa shape index (κ2) is 7.94. The standard InChI is InChI=1S/C23H26AsBr/c1-2-3-13-20-24(25,21-14-7-4-8-15-21,22-16-9-5-10-17-22)23-18-11-6-12-19-23/h4-12,14-19H,2-3,13,20H2,1H3. The molecule has 0 aliphatic carbocycles. The van der Waals surface area contributed by atoms with Crippen LogP contribution in [0.1, 0.15) is 26.2 Å². The van der Waals surface area contributed by atoms with Crippen molar-refractivity contribution in [3.63, 3.8) is 0 Å². The number of rotatable bonds is 7. The van der Waals surface area contributed by atoms with Crippen LogP contribution in [-0.4, -0.2) is 10.6 Å². The van der Waals surface area contributed by atoms with Crippen LogP contribution >= 0.6 is 13.9 Å².